The molecule has 114 valence electrons. The van der Waals surface area contributed by atoms with E-state index in [0.717, 1.165) is 0 Å². The Balaban J connectivity index is 2.91. The molecule has 1 rings (SSSR count). The summed E-state index contributed by atoms with van der Waals surface area (Å²) >= 11 is 0. The number of methoxy groups -OCH3 is 1. The average molecular weight is 322 g/mol. The highest BCUT2D eigenvalue weighted by Gasteiger charge is 2.17. The number of rotatable bonds is 7. The lowest BCUT2D eigenvalue weighted by Crippen LogP contribution is -2.30. The maximum absolute atomic E-state index is 11.7. The molecule has 1 aromatic rings. The van der Waals surface area contributed by atoms with E-state index in [0.29, 0.717) is 5.56 Å². The Morgan fingerprint density at radius 2 is 1.95 bits per heavy atom. The van der Waals surface area contributed by atoms with Gasteiger partial charge in [0, 0.05) is 13.2 Å². The van der Waals surface area contributed by atoms with Gasteiger partial charge in [-0.1, -0.05) is 12.1 Å². The largest absolute Gasteiger partial charge is 0.384 e. The minimum absolute atomic E-state index is 0.0575. The lowest BCUT2D eigenvalue weighted by molar-refractivity contribution is 0.216. The fourth-order valence-corrected chi connectivity index (χ4v) is 3.30. The van der Waals surface area contributed by atoms with E-state index in [1.54, 1.807) is 13.0 Å². The number of hydrogen-bond donors (Lipinski definition) is 2. The van der Waals surface area contributed by atoms with E-state index in [1.807, 2.05) is 0 Å². The van der Waals surface area contributed by atoms with Crippen LogP contribution in [0, 0.1) is 0 Å². The second-order valence-electron chi connectivity index (χ2n) is 4.27. The number of hydrogen-bond acceptors (Lipinski definition) is 5. The van der Waals surface area contributed by atoms with Crippen LogP contribution in [0.4, 0.5) is 0 Å². The van der Waals surface area contributed by atoms with Gasteiger partial charge in [-0.3, -0.25) is 0 Å². The molecule has 9 heteroatoms. The zero-order valence-electron chi connectivity index (χ0n) is 11.2. The Kier molecular flexibility index (Phi) is 5.66. The molecule has 0 fully saturated rings. The SMILES string of the molecule is COCCS(=O)(=O)NC(C)c1cccc(S(N)(=O)=O)c1. The van der Waals surface area contributed by atoms with E-state index >= 15 is 0 Å². The van der Waals surface area contributed by atoms with Gasteiger partial charge in [0.05, 0.1) is 17.3 Å². The van der Waals surface area contributed by atoms with Gasteiger partial charge in [-0.25, -0.2) is 26.7 Å². The summed E-state index contributed by atoms with van der Waals surface area (Å²) in [5.41, 5.74) is 0.512. The molecule has 0 aromatic heterocycles. The quantitative estimate of drug-likeness (QED) is 0.731. The first-order valence-corrected chi connectivity index (χ1v) is 8.97. The third kappa shape index (κ3) is 5.17. The number of nitrogens with two attached hydrogens (primary N) is 1. The molecule has 0 aliphatic carbocycles. The summed E-state index contributed by atoms with van der Waals surface area (Å²) in [7, 11) is -5.90. The van der Waals surface area contributed by atoms with Crippen molar-refractivity contribution in [3.05, 3.63) is 29.8 Å². The first kappa shape index (κ1) is 17.1. The normalized spacial score (nSPS) is 14.2. The first-order chi connectivity index (χ1) is 9.15. The van der Waals surface area contributed by atoms with Crippen LogP contribution in [0.5, 0.6) is 0 Å². The Morgan fingerprint density at radius 3 is 2.50 bits per heavy atom. The minimum atomic E-state index is -3.81. The van der Waals surface area contributed by atoms with Gasteiger partial charge in [0.1, 0.15) is 0 Å². The second-order valence-corrected chi connectivity index (χ2v) is 7.70. The zero-order chi connectivity index (χ0) is 15.4. The third-order valence-electron chi connectivity index (χ3n) is 2.60. The van der Waals surface area contributed by atoms with Crippen LogP contribution in [-0.2, 0) is 24.8 Å². The molecule has 3 N–H and O–H groups in total. The van der Waals surface area contributed by atoms with Crippen molar-refractivity contribution in [2.24, 2.45) is 5.14 Å². The van der Waals surface area contributed by atoms with Crippen molar-refractivity contribution in [2.45, 2.75) is 17.9 Å². The lowest BCUT2D eigenvalue weighted by atomic mass is 10.1. The maximum Gasteiger partial charge on any atom is 0.238 e. The highest BCUT2D eigenvalue weighted by molar-refractivity contribution is 7.89. The van der Waals surface area contributed by atoms with E-state index in [1.165, 1.54) is 25.3 Å². The Bertz CT molecular complexity index is 655. The molecule has 1 aromatic carbocycles. The number of sulfonamides is 2. The van der Waals surface area contributed by atoms with Crippen molar-refractivity contribution in [2.75, 3.05) is 19.5 Å². The smallest absolute Gasteiger partial charge is 0.238 e. The molecular formula is C11H18N2O5S2. The molecule has 0 bridgehead atoms. The fraction of sp³-hybridized carbons (Fsp3) is 0.455. The number of nitrogens with one attached hydrogen (secondary N) is 1. The third-order valence-corrected chi connectivity index (χ3v) is 4.93. The summed E-state index contributed by atoms with van der Waals surface area (Å²) in [6, 6.07) is 5.26. The van der Waals surface area contributed by atoms with Gasteiger partial charge >= 0.3 is 0 Å². The topological polar surface area (TPSA) is 116 Å². The van der Waals surface area contributed by atoms with Crippen LogP contribution in [-0.4, -0.2) is 36.3 Å². The van der Waals surface area contributed by atoms with Gasteiger partial charge in [0.2, 0.25) is 20.0 Å². The Labute approximate surface area is 119 Å². The van der Waals surface area contributed by atoms with Crippen molar-refractivity contribution < 1.29 is 21.6 Å². The number of benzene rings is 1. The molecule has 0 aliphatic heterocycles. The predicted octanol–water partition coefficient (Wildman–Crippen LogP) is -0.0392. The molecule has 1 unspecified atom stereocenters. The zero-order valence-corrected chi connectivity index (χ0v) is 12.9. The van der Waals surface area contributed by atoms with E-state index in [2.05, 4.69) is 4.72 Å². The van der Waals surface area contributed by atoms with Gasteiger partial charge in [-0.15, -0.1) is 0 Å². The van der Waals surface area contributed by atoms with E-state index < -0.39 is 26.1 Å². The molecule has 0 saturated heterocycles. The van der Waals surface area contributed by atoms with E-state index in [-0.39, 0.29) is 17.3 Å². The van der Waals surface area contributed by atoms with Crippen molar-refractivity contribution in [3.63, 3.8) is 0 Å². The van der Waals surface area contributed by atoms with Crippen LogP contribution in [0.1, 0.15) is 18.5 Å². The van der Waals surface area contributed by atoms with Crippen molar-refractivity contribution in [3.8, 4) is 0 Å². The predicted molar refractivity (Wildman–Crippen MR) is 75.0 cm³/mol. The van der Waals surface area contributed by atoms with Crippen LogP contribution in [0.2, 0.25) is 0 Å². The van der Waals surface area contributed by atoms with Gasteiger partial charge in [0.25, 0.3) is 0 Å². The molecule has 1 atom stereocenters. The van der Waals surface area contributed by atoms with Crippen LogP contribution >= 0.6 is 0 Å². The minimum Gasteiger partial charge on any atom is -0.384 e. The van der Waals surface area contributed by atoms with Crippen molar-refractivity contribution >= 4 is 20.0 Å². The molecular weight excluding hydrogens is 304 g/mol. The lowest BCUT2D eigenvalue weighted by Gasteiger charge is -2.15. The van der Waals surface area contributed by atoms with Crippen LogP contribution < -0.4 is 9.86 Å². The van der Waals surface area contributed by atoms with Crippen LogP contribution in [0.15, 0.2) is 29.2 Å². The molecule has 0 aliphatic rings. The molecule has 7 nitrogen and oxygen atoms in total. The second kappa shape index (κ2) is 6.64. The molecule has 0 spiro atoms. The maximum atomic E-state index is 11.7. The summed E-state index contributed by atoms with van der Waals surface area (Å²) in [4.78, 5) is -0.0575. The van der Waals surface area contributed by atoms with Gasteiger partial charge in [-0.2, -0.15) is 0 Å². The van der Waals surface area contributed by atoms with Crippen LogP contribution in [0.3, 0.4) is 0 Å². The molecule has 20 heavy (non-hydrogen) atoms. The number of ether oxygens (including phenoxy) is 1. The van der Waals surface area contributed by atoms with Gasteiger partial charge < -0.3 is 4.74 Å². The summed E-state index contributed by atoms with van der Waals surface area (Å²) in [6.45, 7) is 1.70. The summed E-state index contributed by atoms with van der Waals surface area (Å²) in [5.74, 6) is -0.164. The molecule has 0 radical (unpaired) electrons. The highest BCUT2D eigenvalue weighted by Crippen LogP contribution is 2.17. The fourth-order valence-electron chi connectivity index (χ4n) is 1.55. The van der Waals surface area contributed by atoms with Gasteiger partial charge in [-0.05, 0) is 24.6 Å². The molecule has 0 saturated carbocycles. The highest BCUT2D eigenvalue weighted by atomic mass is 32.2. The first-order valence-electron chi connectivity index (χ1n) is 5.77. The summed E-state index contributed by atoms with van der Waals surface area (Å²) in [6.07, 6.45) is 0. The van der Waals surface area contributed by atoms with E-state index in [9.17, 15) is 16.8 Å². The summed E-state index contributed by atoms with van der Waals surface area (Å²) in [5, 5.41) is 5.04. The molecule has 0 heterocycles. The Morgan fingerprint density at radius 1 is 1.30 bits per heavy atom. The average Bonchev–Trinajstić information content (AvgIpc) is 2.35. The van der Waals surface area contributed by atoms with Gasteiger partial charge in [0.15, 0.2) is 0 Å². The van der Waals surface area contributed by atoms with E-state index in [4.69, 9.17) is 9.88 Å². The van der Waals surface area contributed by atoms with Crippen LogP contribution in [0.25, 0.3) is 0 Å². The van der Waals surface area contributed by atoms with Crippen molar-refractivity contribution in [1.29, 1.82) is 0 Å². The number of primary sulfonamides is 1. The Hall–Kier alpha value is -1.00. The summed E-state index contributed by atoms with van der Waals surface area (Å²) < 4.78 is 53.1. The monoisotopic (exact) mass is 322 g/mol. The molecule has 0 amide bonds. The standard InChI is InChI=1S/C11H18N2O5S2/c1-9(13-19(14,15)7-6-18-2)10-4-3-5-11(8-10)20(12,16)17/h3-5,8-9,13H,6-7H2,1-2H3,(H2,12,16,17). The van der Waals surface area contributed by atoms with Crippen molar-refractivity contribution in [1.82, 2.24) is 4.72 Å².